The van der Waals surface area contributed by atoms with Gasteiger partial charge in [0, 0.05) is 17.3 Å². The molecule has 0 bridgehead atoms. The highest BCUT2D eigenvalue weighted by molar-refractivity contribution is 5.62. The van der Waals surface area contributed by atoms with Gasteiger partial charge in [-0.25, -0.2) is 0 Å². The second kappa shape index (κ2) is 5.37. The van der Waals surface area contributed by atoms with E-state index in [0.717, 1.165) is 17.0 Å². The van der Waals surface area contributed by atoms with Gasteiger partial charge in [0.1, 0.15) is 0 Å². The van der Waals surface area contributed by atoms with Gasteiger partial charge in [0.25, 0.3) is 0 Å². The molecule has 20 heavy (non-hydrogen) atoms. The minimum absolute atomic E-state index is 0.0417. The maximum absolute atomic E-state index is 5.95. The third-order valence-corrected chi connectivity index (χ3v) is 4.26. The van der Waals surface area contributed by atoms with Gasteiger partial charge in [-0.2, -0.15) is 0 Å². The third kappa shape index (κ3) is 2.48. The van der Waals surface area contributed by atoms with E-state index in [-0.39, 0.29) is 6.04 Å². The maximum atomic E-state index is 5.95. The summed E-state index contributed by atoms with van der Waals surface area (Å²) in [4.78, 5) is 4.73. The minimum atomic E-state index is 0.0417. The van der Waals surface area contributed by atoms with Crippen LogP contribution in [-0.2, 0) is 12.8 Å². The van der Waals surface area contributed by atoms with Crippen LogP contribution >= 0.6 is 0 Å². The minimum Gasteiger partial charge on any atom is -0.324 e. The summed E-state index contributed by atoms with van der Waals surface area (Å²) in [6, 6.07) is 11.1. The van der Waals surface area contributed by atoms with Gasteiger partial charge >= 0.3 is 0 Å². The van der Waals surface area contributed by atoms with Crippen molar-refractivity contribution >= 4 is 0 Å². The lowest BCUT2D eigenvalue weighted by atomic mass is 9.90. The van der Waals surface area contributed by atoms with Gasteiger partial charge in [-0.3, -0.25) is 4.98 Å². The summed E-state index contributed by atoms with van der Waals surface area (Å²) in [7, 11) is 0. The molecule has 104 valence electrons. The monoisotopic (exact) mass is 266 g/mol. The molecule has 2 N–H and O–H groups in total. The Morgan fingerprint density at radius 3 is 2.50 bits per heavy atom. The van der Waals surface area contributed by atoms with Gasteiger partial charge in [0.05, 0.1) is 5.69 Å². The van der Waals surface area contributed by atoms with Crippen molar-refractivity contribution in [2.45, 2.75) is 45.6 Å². The normalized spacial score (nSPS) is 15.8. The van der Waals surface area contributed by atoms with E-state index in [4.69, 9.17) is 10.7 Å². The van der Waals surface area contributed by atoms with Crippen molar-refractivity contribution in [1.29, 1.82) is 0 Å². The van der Waals surface area contributed by atoms with Crippen LogP contribution in [0.5, 0.6) is 0 Å². The smallest absolute Gasteiger partial charge is 0.0705 e. The molecule has 2 heteroatoms. The predicted octanol–water partition coefficient (Wildman–Crippen LogP) is 3.96. The van der Waals surface area contributed by atoms with Crippen molar-refractivity contribution in [2.24, 2.45) is 5.73 Å². The Labute approximate surface area is 121 Å². The van der Waals surface area contributed by atoms with Crippen LogP contribution in [0.15, 0.2) is 30.3 Å². The van der Waals surface area contributed by atoms with Crippen LogP contribution in [-0.4, -0.2) is 4.98 Å². The first-order valence-electron chi connectivity index (χ1n) is 7.50. The highest BCUT2D eigenvalue weighted by Gasteiger charge is 2.12. The molecule has 0 spiro atoms. The highest BCUT2D eigenvalue weighted by Crippen LogP contribution is 2.27. The van der Waals surface area contributed by atoms with Crippen LogP contribution in [0.25, 0.3) is 11.3 Å². The SMILES string of the molecule is Cc1nc(-c2ccc3c(c2)CCCC3)ccc1C(C)N. The molecule has 0 aliphatic heterocycles. The number of hydrogen-bond acceptors (Lipinski definition) is 2. The van der Waals surface area contributed by atoms with E-state index in [2.05, 4.69) is 30.3 Å². The lowest BCUT2D eigenvalue weighted by Crippen LogP contribution is -2.08. The van der Waals surface area contributed by atoms with E-state index in [1.165, 1.54) is 42.4 Å². The molecule has 1 unspecified atom stereocenters. The average molecular weight is 266 g/mol. The highest BCUT2D eigenvalue weighted by atomic mass is 14.7. The second-order valence-corrected chi connectivity index (χ2v) is 5.85. The number of hydrogen-bond donors (Lipinski definition) is 1. The summed E-state index contributed by atoms with van der Waals surface area (Å²) in [6.45, 7) is 4.04. The number of aromatic nitrogens is 1. The number of aryl methyl sites for hydroxylation is 3. The molecule has 3 rings (SSSR count). The van der Waals surface area contributed by atoms with Gasteiger partial charge in [0.15, 0.2) is 0 Å². The summed E-state index contributed by atoms with van der Waals surface area (Å²) in [5.41, 5.74) is 13.4. The van der Waals surface area contributed by atoms with Crippen molar-refractivity contribution in [1.82, 2.24) is 4.98 Å². The molecule has 1 atom stereocenters. The Morgan fingerprint density at radius 1 is 1.05 bits per heavy atom. The number of pyridine rings is 1. The van der Waals surface area contributed by atoms with Crippen molar-refractivity contribution in [3.05, 3.63) is 52.7 Å². The van der Waals surface area contributed by atoms with Gasteiger partial charge < -0.3 is 5.73 Å². The second-order valence-electron chi connectivity index (χ2n) is 5.85. The zero-order valence-electron chi connectivity index (χ0n) is 12.3. The van der Waals surface area contributed by atoms with Crippen molar-refractivity contribution < 1.29 is 0 Å². The summed E-state index contributed by atoms with van der Waals surface area (Å²) >= 11 is 0. The molecular weight excluding hydrogens is 244 g/mol. The largest absolute Gasteiger partial charge is 0.324 e. The zero-order valence-corrected chi connectivity index (χ0v) is 12.3. The number of nitrogens with zero attached hydrogens (tertiary/aromatic N) is 1. The molecule has 1 aromatic heterocycles. The average Bonchev–Trinajstić information content (AvgIpc) is 2.46. The quantitative estimate of drug-likeness (QED) is 0.893. The molecular formula is C18H22N2. The Kier molecular flexibility index (Phi) is 3.58. The standard InChI is InChI=1S/C18H22N2/c1-12(19)17-9-10-18(20-13(17)2)16-8-7-14-5-3-4-6-15(14)11-16/h7-12H,3-6,19H2,1-2H3. The number of benzene rings is 1. The first kappa shape index (κ1) is 13.3. The third-order valence-electron chi connectivity index (χ3n) is 4.26. The van der Waals surface area contributed by atoms with E-state index in [0.29, 0.717) is 0 Å². The zero-order chi connectivity index (χ0) is 14.1. The van der Waals surface area contributed by atoms with E-state index >= 15 is 0 Å². The van der Waals surface area contributed by atoms with Crippen molar-refractivity contribution in [3.63, 3.8) is 0 Å². The van der Waals surface area contributed by atoms with Crippen LogP contribution in [0.3, 0.4) is 0 Å². The van der Waals surface area contributed by atoms with Gasteiger partial charge in [-0.1, -0.05) is 18.2 Å². The van der Waals surface area contributed by atoms with Crippen LogP contribution in [0, 0.1) is 6.92 Å². The molecule has 1 aromatic carbocycles. The molecule has 2 nitrogen and oxygen atoms in total. The lowest BCUT2D eigenvalue weighted by molar-refractivity contribution is 0.686. The fraction of sp³-hybridized carbons (Fsp3) is 0.389. The Bertz CT molecular complexity index is 629. The van der Waals surface area contributed by atoms with Gasteiger partial charge in [-0.15, -0.1) is 0 Å². The summed E-state index contributed by atoms with van der Waals surface area (Å²) in [5, 5.41) is 0. The summed E-state index contributed by atoms with van der Waals surface area (Å²) < 4.78 is 0. The number of nitrogens with two attached hydrogens (primary N) is 1. The van der Waals surface area contributed by atoms with Crippen LogP contribution in [0.4, 0.5) is 0 Å². The van der Waals surface area contributed by atoms with E-state index < -0.39 is 0 Å². The molecule has 1 aliphatic rings. The Balaban J connectivity index is 1.99. The lowest BCUT2D eigenvalue weighted by Gasteiger charge is -2.17. The summed E-state index contributed by atoms with van der Waals surface area (Å²) in [6.07, 6.45) is 5.07. The molecule has 0 saturated heterocycles. The number of fused-ring (bicyclic) bond motifs is 1. The van der Waals surface area contributed by atoms with Gasteiger partial charge in [0.2, 0.25) is 0 Å². The molecule has 1 aliphatic carbocycles. The summed E-state index contributed by atoms with van der Waals surface area (Å²) in [5.74, 6) is 0. The van der Waals surface area contributed by atoms with Gasteiger partial charge in [-0.05, 0) is 68.4 Å². The van der Waals surface area contributed by atoms with Crippen molar-refractivity contribution in [2.75, 3.05) is 0 Å². The fourth-order valence-corrected chi connectivity index (χ4v) is 3.11. The molecule has 0 radical (unpaired) electrons. The van der Waals surface area contributed by atoms with E-state index in [1.54, 1.807) is 0 Å². The first-order valence-corrected chi connectivity index (χ1v) is 7.50. The maximum Gasteiger partial charge on any atom is 0.0705 e. The fourth-order valence-electron chi connectivity index (χ4n) is 3.11. The molecule has 0 saturated carbocycles. The first-order chi connectivity index (χ1) is 9.65. The van der Waals surface area contributed by atoms with Crippen LogP contribution < -0.4 is 5.73 Å². The molecule has 1 heterocycles. The predicted molar refractivity (Wildman–Crippen MR) is 83.7 cm³/mol. The van der Waals surface area contributed by atoms with E-state index in [1.807, 2.05) is 13.8 Å². The topological polar surface area (TPSA) is 38.9 Å². The molecule has 2 aromatic rings. The Morgan fingerprint density at radius 2 is 1.80 bits per heavy atom. The Hall–Kier alpha value is -1.67. The van der Waals surface area contributed by atoms with Crippen molar-refractivity contribution in [3.8, 4) is 11.3 Å². The van der Waals surface area contributed by atoms with E-state index in [9.17, 15) is 0 Å². The van der Waals surface area contributed by atoms with Crippen LogP contribution in [0.1, 0.15) is 48.2 Å². The van der Waals surface area contributed by atoms with Crippen LogP contribution in [0.2, 0.25) is 0 Å². The molecule has 0 amide bonds. The number of rotatable bonds is 2. The molecule has 0 fully saturated rings.